The van der Waals surface area contributed by atoms with Crippen LogP contribution in [-0.2, 0) is 0 Å². The fraction of sp³-hybridized carbons (Fsp3) is 0.0714. The number of para-hydroxylation sites is 1. The Morgan fingerprint density at radius 3 is 2.27 bits per heavy atom. The maximum absolute atomic E-state index is 5.87. The van der Waals surface area contributed by atoms with Crippen LogP contribution in [0.15, 0.2) is 48.5 Å². The average Bonchev–Trinajstić information content (AvgIpc) is 2.25. The van der Waals surface area contributed by atoms with Gasteiger partial charge in [0, 0.05) is 12.1 Å². The van der Waals surface area contributed by atoms with E-state index in [1.54, 1.807) is 0 Å². The molecule has 0 heterocycles. The van der Waals surface area contributed by atoms with Gasteiger partial charge in [0.25, 0.3) is 0 Å². The number of aryl methyl sites for hydroxylation is 1. The second-order valence-electron chi connectivity index (χ2n) is 3.68. The van der Waals surface area contributed by atoms with Crippen LogP contribution in [-0.4, -0.2) is 0 Å². The third kappa shape index (κ3) is 2.38. The average molecular weight is 196 g/mol. The number of anilines is 1. The quantitative estimate of drug-likeness (QED) is 0.733. The minimum Gasteiger partial charge on any atom is -0.398 e. The molecule has 2 aromatic carbocycles. The maximum atomic E-state index is 5.87. The molecule has 2 N–H and O–H groups in total. The van der Waals surface area contributed by atoms with Gasteiger partial charge in [-0.3, -0.25) is 0 Å². The van der Waals surface area contributed by atoms with Crippen molar-refractivity contribution in [2.75, 3.05) is 5.73 Å². The topological polar surface area (TPSA) is 26.0 Å². The Bertz CT molecular complexity index is 443. The molecule has 0 aliphatic carbocycles. The second-order valence-corrected chi connectivity index (χ2v) is 3.68. The zero-order chi connectivity index (χ0) is 10.7. The lowest BCUT2D eigenvalue weighted by atomic mass is 10.0. The van der Waals surface area contributed by atoms with Crippen molar-refractivity contribution in [2.45, 2.75) is 6.92 Å². The Kier molecular flexibility index (Phi) is 2.72. The van der Waals surface area contributed by atoms with Gasteiger partial charge in [-0.05, 0) is 24.1 Å². The van der Waals surface area contributed by atoms with E-state index in [1.165, 1.54) is 11.1 Å². The number of hydrogen-bond acceptors (Lipinski definition) is 1. The Morgan fingerprint density at radius 1 is 0.933 bits per heavy atom. The predicted molar refractivity (Wildman–Crippen MR) is 64.5 cm³/mol. The van der Waals surface area contributed by atoms with Gasteiger partial charge in [-0.25, -0.2) is 0 Å². The van der Waals surface area contributed by atoms with Crippen molar-refractivity contribution < 1.29 is 0 Å². The van der Waals surface area contributed by atoms with Gasteiger partial charge in [0.15, 0.2) is 0 Å². The zero-order valence-corrected chi connectivity index (χ0v) is 8.77. The molecule has 0 saturated carbocycles. The number of nitrogen functional groups attached to an aromatic ring is 1. The van der Waals surface area contributed by atoms with Crippen molar-refractivity contribution >= 4 is 5.69 Å². The van der Waals surface area contributed by atoms with E-state index in [1.807, 2.05) is 24.3 Å². The highest BCUT2D eigenvalue weighted by Gasteiger charge is 1.99. The number of benzene rings is 2. The van der Waals surface area contributed by atoms with Gasteiger partial charge >= 0.3 is 0 Å². The molecular formula is C14H14N. The first-order chi connectivity index (χ1) is 7.25. The van der Waals surface area contributed by atoms with Crippen molar-refractivity contribution in [3.63, 3.8) is 0 Å². The van der Waals surface area contributed by atoms with Crippen LogP contribution in [0.4, 0.5) is 5.69 Å². The summed E-state index contributed by atoms with van der Waals surface area (Å²) in [4.78, 5) is 0. The van der Waals surface area contributed by atoms with Crippen molar-refractivity contribution in [3.05, 3.63) is 71.6 Å². The minimum atomic E-state index is 0.818. The van der Waals surface area contributed by atoms with Gasteiger partial charge in [-0.15, -0.1) is 0 Å². The Hall–Kier alpha value is -1.76. The van der Waals surface area contributed by atoms with E-state index < -0.39 is 0 Å². The first kappa shape index (κ1) is 9.78. The standard InChI is InChI=1S/C14H14N/c1-11-6-8-12(9-7-11)10-13-4-2-3-5-14(13)15/h2-10H,15H2,1H3. The molecular weight excluding hydrogens is 182 g/mol. The first-order valence-corrected chi connectivity index (χ1v) is 5.01. The highest BCUT2D eigenvalue weighted by atomic mass is 14.6. The molecule has 2 rings (SSSR count). The van der Waals surface area contributed by atoms with E-state index in [-0.39, 0.29) is 0 Å². The molecule has 0 aliphatic rings. The maximum Gasteiger partial charge on any atom is 0.0353 e. The smallest absolute Gasteiger partial charge is 0.0353 e. The third-order valence-electron chi connectivity index (χ3n) is 2.40. The summed E-state index contributed by atoms with van der Waals surface area (Å²) in [6.45, 7) is 2.08. The van der Waals surface area contributed by atoms with Crippen LogP contribution >= 0.6 is 0 Å². The molecule has 75 valence electrons. The zero-order valence-electron chi connectivity index (χ0n) is 8.77. The molecule has 0 spiro atoms. The molecule has 15 heavy (non-hydrogen) atoms. The Morgan fingerprint density at radius 2 is 1.60 bits per heavy atom. The van der Waals surface area contributed by atoms with E-state index in [9.17, 15) is 0 Å². The van der Waals surface area contributed by atoms with Gasteiger partial charge in [-0.2, -0.15) is 0 Å². The molecule has 1 nitrogen and oxygen atoms in total. The van der Waals surface area contributed by atoms with Crippen LogP contribution in [0.1, 0.15) is 16.7 Å². The highest BCUT2D eigenvalue weighted by Crippen LogP contribution is 2.17. The van der Waals surface area contributed by atoms with Crippen LogP contribution in [0.25, 0.3) is 0 Å². The largest absolute Gasteiger partial charge is 0.398 e. The molecule has 0 atom stereocenters. The normalized spacial score (nSPS) is 10.2. The van der Waals surface area contributed by atoms with E-state index in [2.05, 4.69) is 37.6 Å². The fourth-order valence-electron chi connectivity index (χ4n) is 1.48. The number of hydrogen-bond donors (Lipinski definition) is 1. The van der Waals surface area contributed by atoms with Gasteiger partial charge in [0.2, 0.25) is 0 Å². The van der Waals surface area contributed by atoms with E-state index in [0.29, 0.717) is 0 Å². The summed E-state index contributed by atoms with van der Waals surface area (Å²) in [6.07, 6.45) is 2.09. The molecule has 0 aromatic heterocycles. The summed E-state index contributed by atoms with van der Waals surface area (Å²) in [5.41, 5.74) is 10.2. The van der Waals surface area contributed by atoms with Crippen molar-refractivity contribution in [3.8, 4) is 0 Å². The van der Waals surface area contributed by atoms with Crippen LogP contribution in [0.5, 0.6) is 0 Å². The SMILES string of the molecule is Cc1ccc([CH]c2ccccc2N)cc1. The number of nitrogens with two attached hydrogens (primary N) is 1. The van der Waals surface area contributed by atoms with Gasteiger partial charge in [0.1, 0.15) is 0 Å². The molecule has 1 heteroatoms. The van der Waals surface area contributed by atoms with Crippen molar-refractivity contribution in [1.82, 2.24) is 0 Å². The van der Waals surface area contributed by atoms with Gasteiger partial charge in [0.05, 0.1) is 0 Å². The van der Waals surface area contributed by atoms with Crippen LogP contribution in [0, 0.1) is 13.3 Å². The van der Waals surface area contributed by atoms with Gasteiger partial charge in [-0.1, -0.05) is 48.0 Å². The lowest BCUT2D eigenvalue weighted by Crippen LogP contribution is -1.93. The first-order valence-electron chi connectivity index (χ1n) is 5.01. The van der Waals surface area contributed by atoms with Crippen LogP contribution in [0.2, 0.25) is 0 Å². The Balaban J connectivity index is 2.22. The molecule has 2 aromatic rings. The summed E-state index contributed by atoms with van der Waals surface area (Å²) in [5.74, 6) is 0. The van der Waals surface area contributed by atoms with Crippen molar-refractivity contribution in [1.29, 1.82) is 0 Å². The summed E-state index contributed by atoms with van der Waals surface area (Å²) in [7, 11) is 0. The molecule has 0 aliphatic heterocycles. The van der Waals surface area contributed by atoms with Crippen LogP contribution in [0.3, 0.4) is 0 Å². The summed E-state index contributed by atoms with van der Waals surface area (Å²) in [5, 5.41) is 0. The highest BCUT2D eigenvalue weighted by molar-refractivity contribution is 5.54. The molecule has 0 fully saturated rings. The van der Waals surface area contributed by atoms with Gasteiger partial charge < -0.3 is 5.73 Å². The number of rotatable bonds is 2. The lowest BCUT2D eigenvalue weighted by molar-refractivity contribution is 1.39. The molecule has 0 saturated heterocycles. The molecule has 0 amide bonds. The fourth-order valence-corrected chi connectivity index (χ4v) is 1.48. The monoisotopic (exact) mass is 196 g/mol. The lowest BCUT2D eigenvalue weighted by Gasteiger charge is -2.05. The second kappa shape index (κ2) is 4.18. The van der Waals surface area contributed by atoms with Crippen LogP contribution < -0.4 is 5.73 Å². The van der Waals surface area contributed by atoms with E-state index >= 15 is 0 Å². The molecule has 0 bridgehead atoms. The Labute approximate surface area is 90.6 Å². The summed E-state index contributed by atoms with van der Waals surface area (Å²) >= 11 is 0. The third-order valence-corrected chi connectivity index (χ3v) is 2.40. The summed E-state index contributed by atoms with van der Waals surface area (Å²) < 4.78 is 0. The van der Waals surface area contributed by atoms with E-state index in [0.717, 1.165) is 11.3 Å². The molecule has 1 radical (unpaired) electrons. The molecule has 0 unspecified atom stereocenters. The van der Waals surface area contributed by atoms with E-state index in [4.69, 9.17) is 5.73 Å². The van der Waals surface area contributed by atoms with Crippen molar-refractivity contribution in [2.24, 2.45) is 0 Å². The predicted octanol–water partition coefficient (Wildman–Crippen LogP) is 3.18. The minimum absolute atomic E-state index is 0.818. The summed E-state index contributed by atoms with van der Waals surface area (Å²) in [6, 6.07) is 16.3.